The highest BCUT2D eigenvalue weighted by Crippen LogP contribution is 2.19. The topological polar surface area (TPSA) is 53.2 Å². The van der Waals surface area contributed by atoms with Crippen molar-refractivity contribution in [1.29, 1.82) is 0 Å². The molecule has 0 unspecified atom stereocenters. The molecule has 0 heterocycles. The molecule has 3 N–H and O–H groups in total. The van der Waals surface area contributed by atoms with Crippen LogP contribution in [0.25, 0.3) is 0 Å². The van der Waals surface area contributed by atoms with Crippen molar-refractivity contribution in [2.75, 3.05) is 5.32 Å². The predicted molar refractivity (Wildman–Crippen MR) is 89.4 cm³/mol. The Bertz CT molecular complexity index is 724. The highest BCUT2D eigenvalue weighted by atomic mass is 35.5. The van der Waals surface area contributed by atoms with Gasteiger partial charge in [-0.1, -0.05) is 29.3 Å². The molecular formula is C15H13ClFN3OS. The van der Waals surface area contributed by atoms with Gasteiger partial charge in [0.15, 0.2) is 5.11 Å². The minimum absolute atomic E-state index is 0.0170. The number of aryl methyl sites for hydroxylation is 1. The molecule has 2 aromatic carbocycles. The van der Waals surface area contributed by atoms with E-state index in [0.717, 1.165) is 5.56 Å². The molecule has 2 rings (SSSR count). The summed E-state index contributed by atoms with van der Waals surface area (Å²) in [6.45, 7) is 1.90. The van der Waals surface area contributed by atoms with Gasteiger partial charge in [0.2, 0.25) is 0 Å². The van der Waals surface area contributed by atoms with Crippen LogP contribution in [0, 0.1) is 12.7 Å². The van der Waals surface area contributed by atoms with Gasteiger partial charge in [-0.15, -0.1) is 0 Å². The maximum Gasteiger partial charge on any atom is 0.269 e. The van der Waals surface area contributed by atoms with E-state index in [1.807, 2.05) is 13.0 Å². The quantitative estimate of drug-likeness (QED) is 0.580. The molecule has 0 saturated carbocycles. The van der Waals surface area contributed by atoms with Crippen molar-refractivity contribution in [2.45, 2.75) is 6.92 Å². The van der Waals surface area contributed by atoms with Crippen LogP contribution in [-0.4, -0.2) is 11.0 Å². The zero-order valence-corrected chi connectivity index (χ0v) is 13.2. The number of carbonyl (C=O) groups excluding carboxylic acids is 1. The largest absolute Gasteiger partial charge is 0.331 e. The van der Waals surface area contributed by atoms with E-state index in [2.05, 4.69) is 16.2 Å². The van der Waals surface area contributed by atoms with E-state index in [1.165, 1.54) is 18.2 Å². The van der Waals surface area contributed by atoms with Crippen molar-refractivity contribution in [1.82, 2.24) is 10.9 Å². The molecule has 0 aliphatic rings. The SMILES string of the molecule is Cc1cccc(C(=O)NNC(=S)Nc2ccc(F)c(Cl)c2)c1. The molecule has 0 bridgehead atoms. The summed E-state index contributed by atoms with van der Waals surface area (Å²) in [5, 5.41) is 2.92. The van der Waals surface area contributed by atoms with Crippen LogP contribution in [0.3, 0.4) is 0 Å². The third-order valence-corrected chi connectivity index (χ3v) is 3.24. The molecular weight excluding hydrogens is 325 g/mol. The fraction of sp³-hybridized carbons (Fsp3) is 0.0667. The molecule has 114 valence electrons. The van der Waals surface area contributed by atoms with Crippen molar-refractivity contribution in [2.24, 2.45) is 0 Å². The summed E-state index contributed by atoms with van der Waals surface area (Å²) >= 11 is 10.7. The molecule has 0 spiro atoms. The summed E-state index contributed by atoms with van der Waals surface area (Å²) in [5.74, 6) is -0.830. The smallest absolute Gasteiger partial charge is 0.269 e. The maximum atomic E-state index is 13.0. The second kappa shape index (κ2) is 7.20. The minimum Gasteiger partial charge on any atom is -0.331 e. The number of halogens is 2. The van der Waals surface area contributed by atoms with Gasteiger partial charge in [-0.05, 0) is 49.5 Å². The highest BCUT2D eigenvalue weighted by Gasteiger charge is 2.06. The number of carbonyl (C=O) groups is 1. The molecule has 1 amide bonds. The Kier molecular flexibility index (Phi) is 5.30. The number of hydrogen-bond acceptors (Lipinski definition) is 2. The zero-order valence-electron chi connectivity index (χ0n) is 11.6. The van der Waals surface area contributed by atoms with E-state index in [-0.39, 0.29) is 16.0 Å². The molecule has 0 aliphatic carbocycles. The normalized spacial score (nSPS) is 9.95. The molecule has 0 atom stereocenters. The van der Waals surface area contributed by atoms with Crippen LogP contribution >= 0.6 is 23.8 Å². The van der Waals surface area contributed by atoms with Crippen LogP contribution < -0.4 is 16.2 Å². The number of rotatable bonds is 2. The standard InChI is InChI=1S/C15H13ClFN3OS/c1-9-3-2-4-10(7-9)14(21)19-20-15(22)18-11-5-6-13(17)12(16)8-11/h2-8H,1H3,(H,19,21)(H2,18,20,22). The molecule has 0 aromatic heterocycles. The lowest BCUT2D eigenvalue weighted by molar-refractivity contribution is 0.0944. The van der Waals surface area contributed by atoms with Crippen molar-refractivity contribution >= 4 is 40.5 Å². The van der Waals surface area contributed by atoms with Gasteiger partial charge in [0.05, 0.1) is 5.02 Å². The maximum absolute atomic E-state index is 13.0. The molecule has 0 saturated heterocycles. The third kappa shape index (κ3) is 4.41. The third-order valence-electron chi connectivity index (χ3n) is 2.75. The Hall–Kier alpha value is -2.18. The number of benzene rings is 2. The first-order valence-corrected chi connectivity index (χ1v) is 7.13. The lowest BCUT2D eigenvalue weighted by atomic mass is 10.1. The fourth-order valence-electron chi connectivity index (χ4n) is 1.71. The van der Waals surface area contributed by atoms with Gasteiger partial charge in [-0.2, -0.15) is 0 Å². The van der Waals surface area contributed by atoms with Crippen LogP contribution in [-0.2, 0) is 0 Å². The Morgan fingerprint density at radius 1 is 1.18 bits per heavy atom. The number of thiocarbonyl (C=S) groups is 1. The first-order chi connectivity index (χ1) is 10.5. The predicted octanol–water partition coefficient (Wildman–Crippen LogP) is 3.42. The Labute approximate surface area is 137 Å². The molecule has 0 fully saturated rings. The lowest BCUT2D eigenvalue weighted by Crippen LogP contribution is -2.43. The molecule has 4 nitrogen and oxygen atoms in total. The molecule has 0 radical (unpaired) electrons. The average Bonchev–Trinajstić information content (AvgIpc) is 2.48. The lowest BCUT2D eigenvalue weighted by Gasteiger charge is -2.12. The van der Waals surface area contributed by atoms with Crippen LogP contribution in [0.15, 0.2) is 42.5 Å². The van der Waals surface area contributed by atoms with Gasteiger partial charge in [-0.25, -0.2) is 4.39 Å². The summed E-state index contributed by atoms with van der Waals surface area (Å²) in [6, 6.07) is 11.2. The summed E-state index contributed by atoms with van der Waals surface area (Å²) in [7, 11) is 0. The van der Waals surface area contributed by atoms with Gasteiger partial charge in [0, 0.05) is 11.3 Å². The van der Waals surface area contributed by atoms with Gasteiger partial charge in [0.1, 0.15) is 5.82 Å². The second-order valence-corrected chi connectivity index (χ2v) is 5.35. The minimum atomic E-state index is -0.515. The van der Waals surface area contributed by atoms with Crippen LogP contribution in [0.1, 0.15) is 15.9 Å². The number of amides is 1. The van der Waals surface area contributed by atoms with E-state index in [1.54, 1.807) is 18.2 Å². The molecule has 2 aromatic rings. The van der Waals surface area contributed by atoms with Gasteiger partial charge < -0.3 is 5.32 Å². The van der Waals surface area contributed by atoms with Crippen LogP contribution in [0.2, 0.25) is 5.02 Å². The average molecular weight is 338 g/mol. The fourth-order valence-corrected chi connectivity index (χ4v) is 2.06. The van der Waals surface area contributed by atoms with Crippen molar-refractivity contribution in [3.05, 3.63) is 64.4 Å². The molecule has 22 heavy (non-hydrogen) atoms. The van der Waals surface area contributed by atoms with Crippen LogP contribution in [0.5, 0.6) is 0 Å². The number of hydrogen-bond donors (Lipinski definition) is 3. The Balaban J connectivity index is 1.90. The number of hydrazine groups is 1. The van der Waals surface area contributed by atoms with E-state index < -0.39 is 5.82 Å². The number of nitrogens with one attached hydrogen (secondary N) is 3. The summed E-state index contributed by atoms with van der Waals surface area (Å²) in [5.41, 5.74) is 7.04. The highest BCUT2D eigenvalue weighted by molar-refractivity contribution is 7.80. The monoisotopic (exact) mass is 337 g/mol. The van der Waals surface area contributed by atoms with Gasteiger partial charge in [0.25, 0.3) is 5.91 Å². The van der Waals surface area contributed by atoms with Crippen molar-refractivity contribution in [3.8, 4) is 0 Å². The van der Waals surface area contributed by atoms with Crippen LogP contribution in [0.4, 0.5) is 10.1 Å². The Morgan fingerprint density at radius 3 is 2.64 bits per heavy atom. The first-order valence-electron chi connectivity index (χ1n) is 6.35. The molecule has 0 aliphatic heterocycles. The van der Waals surface area contributed by atoms with Crippen molar-refractivity contribution < 1.29 is 9.18 Å². The van der Waals surface area contributed by atoms with Crippen molar-refractivity contribution in [3.63, 3.8) is 0 Å². The summed E-state index contributed by atoms with van der Waals surface area (Å²) < 4.78 is 13.0. The second-order valence-electron chi connectivity index (χ2n) is 4.53. The molecule has 7 heteroatoms. The van der Waals surface area contributed by atoms with E-state index in [0.29, 0.717) is 11.3 Å². The van der Waals surface area contributed by atoms with E-state index >= 15 is 0 Å². The summed E-state index contributed by atoms with van der Waals surface area (Å²) in [4.78, 5) is 11.9. The zero-order chi connectivity index (χ0) is 16.1. The number of anilines is 1. The summed E-state index contributed by atoms with van der Waals surface area (Å²) in [6.07, 6.45) is 0. The van der Waals surface area contributed by atoms with Gasteiger partial charge in [-0.3, -0.25) is 15.6 Å². The van der Waals surface area contributed by atoms with Gasteiger partial charge >= 0.3 is 0 Å². The Morgan fingerprint density at radius 2 is 1.95 bits per heavy atom. The first kappa shape index (κ1) is 16.2. The van der Waals surface area contributed by atoms with E-state index in [4.69, 9.17) is 23.8 Å². The van der Waals surface area contributed by atoms with E-state index in [9.17, 15) is 9.18 Å².